The molecule has 108 valence electrons. The van der Waals surface area contributed by atoms with Gasteiger partial charge < -0.3 is 10.6 Å². The van der Waals surface area contributed by atoms with E-state index in [4.69, 9.17) is 23.8 Å². The first-order valence-electron chi connectivity index (χ1n) is 5.95. The van der Waals surface area contributed by atoms with E-state index in [0.717, 1.165) is 5.56 Å². The lowest BCUT2D eigenvalue weighted by atomic mass is 10.2. The van der Waals surface area contributed by atoms with Crippen LogP contribution in [0.3, 0.4) is 0 Å². The third kappa shape index (κ3) is 4.37. The van der Waals surface area contributed by atoms with Gasteiger partial charge in [-0.3, -0.25) is 10.1 Å². The largest absolute Gasteiger partial charge is 0.358 e. The van der Waals surface area contributed by atoms with Crippen LogP contribution >= 0.6 is 23.8 Å². The summed E-state index contributed by atoms with van der Waals surface area (Å²) in [6.07, 6.45) is 1.17. The highest BCUT2D eigenvalue weighted by molar-refractivity contribution is 7.80. The van der Waals surface area contributed by atoms with E-state index in [1.807, 2.05) is 18.2 Å². The number of nitrogens with one attached hydrogen (secondary N) is 2. The minimum atomic E-state index is -0.509. The van der Waals surface area contributed by atoms with E-state index >= 15 is 0 Å². The molecule has 0 aliphatic carbocycles. The summed E-state index contributed by atoms with van der Waals surface area (Å²) in [7, 11) is 0. The lowest BCUT2D eigenvalue weighted by Gasteiger charge is -2.10. The molecule has 8 heteroatoms. The number of nitrogens with zero attached hydrogens (tertiary/aromatic N) is 2. The van der Waals surface area contributed by atoms with Gasteiger partial charge in [-0.25, -0.2) is 4.98 Å². The Hall–Kier alpha value is -2.25. The Balaban J connectivity index is 1.90. The third-order valence-corrected chi connectivity index (χ3v) is 3.21. The monoisotopic (exact) mass is 322 g/mol. The summed E-state index contributed by atoms with van der Waals surface area (Å²) in [5.41, 5.74) is 0.843. The van der Waals surface area contributed by atoms with E-state index < -0.39 is 4.92 Å². The Labute approximate surface area is 131 Å². The van der Waals surface area contributed by atoms with Crippen LogP contribution in [0, 0.1) is 10.1 Å². The summed E-state index contributed by atoms with van der Waals surface area (Å²) in [4.78, 5) is 13.9. The molecule has 0 radical (unpaired) electrons. The Kier molecular flexibility index (Phi) is 5.02. The predicted octanol–water partition coefficient (Wildman–Crippen LogP) is 3.13. The van der Waals surface area contributed by atoms with Gasteiger partial charge >= 0.3 is 0 Å². The van der Waals surface area contributed by atoms with Gasteiger partial charge in [0.15, 0.2) is 5.11 Å². The predicted molar refractivity (Wildman–Crippen MR) is 85.4 cm³/mol. The van der Waals surface area contributed by atoms with E-state index in [1.54, 1.807) is 6.07 Å². The average Bonchev–Trinajstić information content (AvgIpc) is 2.47. The number of anilines is 1. The lowest BCUT2D eigenvalue weighted by Crippen LogP contribution is -2.28. The molecule has 6 nitrogen and oxygen atoms in total. The number of rotatable bonds is 4. The van der Waals surface area contributed by atoms with Crippen LogP contribution in [-0.4, -0.2) is 15.0 Å². The number of benzene rings is 1. The molecule has 0 fully saturated rings. The van der Waals surface area contributed by atoms with Gasteiger partial charge in [0.25, 0.3) is 5.69 Å². The Morgan fingerprint density at radius 3 is 2.71 bits per heavy atom. The van der Waals surface area contributed by atoms with Gasteiger partial charge in [-0.1, -0.05) is 29.8 Å². The van der Waals surface area contributed by atoms with Crippen molar-refractivity contribution < 1.29 is 4.92 Å². The normalized spacial score (nSPS) is 9.95. The fourth-order valence-corrected chi connectivity index (χ4v) is 1.93. The fraction of sp³-hybridized carbons (Fsp3) is 0.0769. The van der Waals surface area contributed by atoms with Crippen LogP contribution in [0.4, 0.5) is 11.5 Å². The summed E-state index contributed by atoms with van der Waals surface area (Å²) in [5.74, 6) is 0.428. The topological polar surface area (TPSA) is 80.1 Å². The van der Waals surface area contributed by atoms with Crippen LogP contribution in [-0.2, 0) is 6.54 Å². The van der Waals surface area contributed by atoms with Crippen LogP contribution in [0.25, 0.3) is 0 Å². The summed E-state index contributed by atoms with van der Waals surface area (Å²) >= 11 is 11.2. The number of pyridine rings is 1. The number of halogens is 1. The van der Waals surface area contributed by atoms with Crippen LogP contribution in [0.5, 0.6) is 0 Å². The molecular weight excluding hydrogens is 312 g/mol. The van der Waals surface area contributed by atoms with Gasteiger partial charge in [-0.2, -0.15) is 0 Å². The zero-order valence-electron chi connectivity index (χ0n) is 10.7. The quantitative estimate of drug-likeness (QED) is 0.511. The van der Waals surface area contributed by atoms with E-state index in [-0.39, 0.29) is 5.69 Å². The highest BCUT2D eigenvalue weighted by Crippen LogP contribution is 2.14. The van der Waals surface area contributed by atoms with Gasteiger partial charge in [0, 0.05) is 17.6 Å². The summed E-state index contributed by atoms with van der Waals surface area (Å²) in [6, 6.07) is 10.3. The number of thiocarbonyl (C=S) groups is 1. The van der Waals surface area contributed by atoms with Crippen molar-refractivity contribution in [2.45, 2.75) is 6.54 Å². The van der Waals surface area contributed by atoms with Crippen molar-refractivity contribution in [1.29, 1.82) is 0 Å². The third-order valence-electron chi connectivity index (χ3n) is 2.60. The molecule has 1 aromatic heterocycles. The molecule has 0 amide bonds. The minimum absolute atomic E-state index is 0.0736. The first-order valence-corrected chi connectivity index (χ1v) is 6.73. The van der Waals surface area contributed by atoms with Gasteiger partial charge in [-0.05, 0) is 29.9 Å². The fourth-order valence-electron chi connectivity index (χ4n) is 1.55. The van der Waals surface area contributed by atoms with E-state index in [0.29, 0.717) is 22.5 Å². The van der Waals surface area contributed by atoms with Crippen molar-refractivity contribution in [2.75, 3.05) is 5.32 Å². The van der Waals surface area contributed by atoms with Crippen molar-refractivity contribution in [3.63, 3.8) is 0 Å². The zero-order valence-corrected chi connectivity index (χ0v) is 12.3. The molecule has 2 rings (SSSR count). The molecule has 0 atom stereocenters. The molecule has 1 heterocycles. The molecule has 0 bridgehead atoms. The highest BCUT2D eigenvalue weighted by Gasteiger charge is 2.06. The second kappa shape index (κ2) is 6.96. The molecule has 0 aliphatic heterocycles. The molecular formula is C13H11ClN4O2S. The van der Waals surface area contributed by atoms with Crippen molar-refractivity contribution in [3.05, 3.63) is 63.3 Å². The smallest absolute Gasteiger partial charge is 0.287 e. The van der Waals surface area contributed by atoms with Crippen molar-refractivity contribution in [1.82, 2.24) is 10.3 Å². The molecule has 2 N–H and O–H groups in total. The first kappa shape index (κ1) is 15.1. The standard InChI is InChI=1S/C13H11ClN4O2S/c14-11-4-2-1-3-9(11)7-16-13(21)17-12-6-5-10(8-15-12)18(19)20/h1-6,8H,7H2,(H2,15,16,17,21). The SMILES string of the molecule is O=[N+]([O-])c1ccc(NC(=S)NCc2ccccc2Cl)nc1. The second-order valence-corrected chi connectivity index (χ2v) is 4.87. The van der Waals surface area contributed by atoms with Crippen LogP contribution in [0.2, 0.25) is 5.02 Å². The summed E-state index contributed by atoms with van der Waals surface area (Å²) in [6.45, 7) is 0.471. The maximum absolute atomic E-state index is 10.5. The van der Waals surface area contributed by atoms with Crippen molar-refractivity contribution >= 4 is 40.4 Å². The molecule has 0 aliphatic rings. The zero-order chi connectivity index (χ0) is 15.2. The van der Waals surface area contributed by atoms with E-state index in [1.165, 1.54) is 18.3 Å². The number of hydrogen-bond acceptors (Lipinski definition) is 4. The van der Waals surface area contributed by atoms with Gasteiger partial charge in [0.1, 0.15) is 12.0 Å². The molecule has 2 aromatic rings. The molecule has 0 saturated carbocycles. The average molecular weight is 323 g/mol. The Bertz CT molecular complexity index is 663. The van der Waals surface area contributed by atoms with Crippen molar-refractivity contribution in [2.24, 2.45) is 0 Å². The lowest BCUT2D eigenvalue weighted by molar-refractivity contribution is -0.385. The maximum atomic E-state index is 10.5. The summed E-state index contributed by atoms with van der Waals surface area (Å²) < 4.78 is 0. The number of hydrogen-bond donors (Lipinski definition) is 2. The second-order valence-electron chi connectivity index (χ2n) is 4.06. The minimum Gasteiger partial charge on any atom is -0.358 e. The molecule has 0 spiro atoms. The Morgan fingerprint density at radius 1 is 1.33 bits per heavy atom. The summed E-state index contributed by atoms with van der Waals surface area (Å²) in [5, 5.41) is 17.4. The van der Waals surface area contributed by atoms with Gasteiger partial charge in [-0.15, -0.1) is 0 Å². The molecule has 21 heavy (non-hydrogen) atoms. The highest BCUT2D eigenvalue weighted by atomic mass is 35.5. The molecule has 0 unspecified atom stereocenters. The molecule has 0 saturated heterocycles. The van der Waals surface area contributed by atoms with E-state index in [9.17, 15) is 10.1 Å². The Morgan fingerprint density at radius 2 is 2.10 bits per heavy atom. The molecule has 1 aromatic carbocycles. The van der Waals surface area contributed by atoms with Crippen LogP contribution in [0.15, 0.2) is 42.6 Å². The van der Waals surface area contributed by atoms with Gasteiger partial charge in [0.2, 0.25) is 0 Å². The first-order chi connectivity index (χ1) is 10.1. The maximum Gasteiger partial charge on any atom is 0.287 e. The van der Waals surface area contributed by atoms with Crippen molar-refractivity contribution in [3.8, 4) is 0 Å². The van der Waals surface area contributed by atoms with Crippen LogP contribution < -0.4 is 10.6 Å². The van der Waals surface area contributed by atoms with Gasteiger partial charge in [0.05, 0.1) is 4.92 Å². The number of aromatic nitrogens is 1. The van der Waals surface area contributed by atoms with E-state index in [2.05, 4.69) is 15.6 Å². The van der Waals surface area contributed by atoms with Crippen LogP contribution in [0.1, 0.15) is 5.56 Å². The number of nitro groups is 1.